The fraction of sp³-hybridized carbons (Fsp3) is 0. The third-order valence-electron chi connectivity index (χ3n) is 2.56. The molecular weight excluding hydrogens is 288 g/mol. The molecule has 0 aliphatic carbocycles. The summed E-state index contributed by atoms with van der Waals surface area (Å²) in [5.41, 5.74) is 3.05. The van der Waals surface area contributed by atoms with Gasteiger partial charge in [0.05, 0.1) is 10.7 Å². The molecule has 2 rings (SSSR count). The van der Waals surface area contributed by atoms with Gasteiger partial charge in [-0.3, -0.25) is 10.6 Å². The molecular formula is C13H10ClF2N3O. The number of hydrogen-bond acceptors (Lipinski definition) is 3. The van der Waals surface area contributed by atoms with Crippen LogP contribution in [0.25, 0.3) is 0 Å². The average Bonchev–Trinajstić information content (AvgIpc) is 2.42. The Hall–Kier alpha value is -2.18. The Morgan fingerprint density at radius 1 is 1.15 bits per heavy atom. The van der Waals surface area contributed by atoms with Gasteiger partial charge in [0.1, 0.15) is 5.82 Å². The van der Waals surface area contributed by atoms with E-state index in [-0.39, 0.29) is 16.3 Å². The Morgan fingerprint density at radius 2 is 1.80 bits per heavy atom. The summed E-state index contributed by atoms with van der Waals surface area (Å²) in [6, 6.07) is 7.72. The minimum atomic E-state index is -0.941. The van der Waals surface area contributed by atoms with E-state index in [0.717, 1.165) is 6.07 Å². The second-order valence-electron chi connectivity index (χ2n) is 3.92. The van der Waals surface area contributed by atoms with E-state index in [0.29, 0.717) is 11.8 Å². The summed E-state index contributed by atoms with van der Waals surface area (Å²) < 4.78 is 26.4. The molecule has 0 aromatic heterocycles. The van der Waals surface area contributed by atoms with Crippen LogP contribution >= 0.6 is 11.6 Å². The van der Waals surface area contributed by atoms with Crippen molar-refractivity contribution >= 4 is 28.9 Å². The minimum Gasteiger partial charge on any atom is -0.324 e. The van der Waals surface area contributed by atoms with Crippen molar-refractivity contribution in [2.24, 2.45) is 5.84 Å². The van der Waals surface area contributed by atoms with Gasteiger partial charge < -0.3 is 10.7 Å². The largest absolute Gasteiger partial charge is 0.324 e. The van der Waals surface area contributed by atoms with Crippen LogP contribution in [0.3, 0.4) is 0 Å². The molecule has 0 atom stereocenters. The van der Waals surface area contributed by atoms with E-state index < -0.39 is 17.5 Å². The van der Waals surface area contributed by atoms with Crippen molar-refractivity contribution < 1.29 is 13.6 Å². The molecule has 0 aliphatic heterocycles. The summed E-state index contributed by atoms with van der Waals surface area (Å²) in [6.07, 6.45) is 0. The molecule has 0 unspecified atom stereocenters. The minimum absolute atomic E-state index is 0.212. The van der Waals surface area contributed by atoms with Gasteiger partial charge >= 0.3 is 0 Å². The number of nitrogen functional groups attached to an aromatic ring is 1. The number of rotatable bonds is 3. The van der Waals surface area contributed by atoms with Crippen molar-refractivity contribution in [1.82, 2.24) is 0 Å². The van der Waals surface area contributed by atoms with Gasteiger partial charge in [-0.2, -0.15) is 0 Å². The summed E-state index contributed by atoms with van der Waals surface area (Å²) in [5, 5.41) is 2.08. The third-order valence-corrected chi connectivity index (χ3v) is 2.86. The molecule has 0 spiro atoms. The highest BCUT2D eigenvalue weighted by Crippen LogP contribution is 2.26. The standard InChI is InChI=1S/C13H10ClF2N3O/c14-10-5-8(15)6-11(16)12(10)18-13(20)7-1-3-9(19-17)4-2-7/h1-6,19H,17H2,(H,18,20). The molecule has 0 saturated heterocycles. The molecule has 0 saturated carbocycles. The third kappa shape index (κ3) is 3.04. The van der Waals surface area contributed by atoms with Crippen LogP contribution in [0.4, 0.5) is 20.2 Å². The molecule has 104 valence electrons. The van der Waals surface area contributed by atoms with E-state index >= 15 is 0 Å². The maximum absolute atomic E-state index is 13.5. The van der Waals surface area contributed by atoms with Gasteiger partial charge in [-0.05, 0) is 30.3 Å². The molecule has 2 aromatic carbocycles. The highest BCUT2D eigenvalue weighted by Gasteiger charge is 2.14. The number of hydrazine groups is 1. The van der Waals surface area contributed by atoms with Crippen molar-refractivity contribution in [3.8, 4) is 0 Å². The quantitative estimate of drug-likeness (QED) is 0.602. The van der Waals surface area contributed by atoms with Gasteiger partial charge in [0.25, 0.3) is 5.91 Å². The Labute approximate surface area is 118 Å². The number of carbonyl (C=O) groups excluding carboxylic acids is 1. The normalized spacial score (nSPS) is 10.2. The predicted molar refractivity (Wildman–Crippen MR) is 73.6 cm³/mol. The second kappa shape index (κ2) is 5.85. The Balaban J connectivity index is 2.23. The zero-order valence-corrected chi connectivity index (χ0v) is 10.8. The van der Waals surface area contributed by atoms with Gasteiger partial charge in [0.2, 0.25) is 0 Å². The highest BCUT2D eigenvalue weighted by molar-refractivity contribution is 6.34. The lowest BCUT2D eigenvalue weighted by atomic mass is 10.2. The monoisotopic (exact) mass is 297 g/mol. The van der Waals surface area contributed by atoms with Crippen molar-refractivity contribution in [3.05, 3.63) is 58.6 Å². The van der Waals surface area contributed by atoms with E-state index in [2.05, 4.69) is 10.7 Å². The van der Waals surface area contributed by atoms with Gasteiger partial charge in [-0.15, -0.1) is 0 Å². The van der Waals surface area contributed by atoms with Crippen molar-refractivity contribution in [3.63, 3.8) is 0 Å². The number of hydrogen-bond donors (Lipinski definition) is 3. The lowest BCUT2D eigenvalue weighted by molar-refractivity contribution is 0.102. The first-order valence-electron chi connectivity index (χ1n) is 5.54. The maximum atomic E-state index is 13.5. The van der Waals surface area contributed by atoms with Gasteiger partial charge in [0.15, 0.2) is 5.82 Å². The molecule has 0 bridgehead atoms. The van der Waals surface area contributed by atoms with Crippen molar-refractivity contribution in [2.45, 2.75) is 0 Å². The number of nitrogens with one attached hydrogen (secondary N) is 2. The summed E-state index contributed by atoms with van der Waals surface area (Å²) in [7, 11) is 0. The molecule has 0 radical (unpaired) electrons. The number of halogens is 3. The van der Waals surface area contributed by atoms with E-state index in [1.54, 1.807) is 12.1 Å². The zero-order valence-electron chi connectivity index (χ0n) is 10.1. The first-order chi connectivity index (χ1) is 9.51. The molecule has 0 fully saturated rings. The number of anilines is 2. The van der Waals surface area contributed by atoms with Crippen molar-refractivity contribution in [1.29, 1.82) is 0 Å². The summed E-state index contributed by atoms with van der Waals surface area (Å²) >= 11 is 5.69. The number of amides is 1. The van der Waals surface area contributed by atoms with Gasteiger partial charge in [0, 0.05) is 17.3 Å². The fourth-order valence-corrected chi connectivity index (χ4v) is 1.81. The molecule has 2 aromatic rings. The Morgan fingerprint density at radius 3 is 2.35 bits per heavy atom. The van der Waals surface area contributed by atoms with Crippen LogP contribution in [0.1, 0.15) is 10.4 Å². The first-order valence-corrected chi connectivity index (χ1v) is 5.91. The first kappa shape index (κ1) is 14.2. The molecule has 4 N–H and O–H groups in total. The molecule has 20 heavy (non-hydrogen) atoms. The summed E-state index contributed by atoms with van der Waals surface area (Å²) in [4.78, 5) is 11.9. The molecule has 0 heterocycles. The average molecular weight is 298 g/mol. The number of carbonyl (C=O) groups is 1. The summed E-state index contributed by atoms with van der Waals surface area (Å²) in [6.45, 7) is 0. The Bertz CT molecular complexity index is 624. The van der Waals surface area contributed by atoms with E-state index in [4.69, 9.17) is 17.4 Å². The molecule has 0 aliphatic rings. The Kier molecular flexibility index (Phi) is 4.16. The van der Waals surface area contributed by atoms with E-state index in [1.807, 2.05) is 0 Å². The van der Waals surface area contributed by atoms with Crippen LogP contribution in [0.5, 0.6) is 0 Å². The predicted octanol–water partition coefficient (Wildman–Crippen LogP) is 3.16. The van der Waals surface area contributed by atoms with E-state index in [1.165, 1.54) is 12.1 Å². The lowest BCUT2D eigenvalue weighted by Gasteiger charge is -2.09. The molecule has 4 nitrogen and oxygen atoms in total. The van der Waals surface area contributed by atoms with Gasteiger partial charge in [-0.25, -0.2) is 8.78 Å². The van der Waals surface area contributed by atoms with Crippen LogP contribution < -0.4 is 16.6 Å². The van der Waals surface area contributed by atoms with Crippen molar-refractivity contribution in [2.75, 3.05) is 10.7 Å². The maximum Gasteiger partial charge on any atom is 0.255 e. The topological polar surface area (TPSA) is 67.1 Å². The fourth-order valence-electron chi connectivity index (χ4n) is 1.57. The molecule has 7 heteroatoms. The van der Waals surface area contributed by atoms with Crippen LogP contribution in [0, 0.1) is 11.6 Å². The zero-order chi connectivity index (χ0) is 14.7. The highest BCUT2D eigenvalue weighted by atomic mass is 35.5. The molecule has 1 amide bonds. The van der Waals surface area contributed by atoms with Crippen LogP contribution in [0.15, 0.2) is 36.4 Å². The second-order valence-corrected chi connectivity index (χ2v) is 4.33. The summed E-state index contributed by atoms with van der Waals surface area (Å²) in [5.74, 6) is 2.87. The lowest BCUT2D eigenvalue weighted by Crippen LogP contribution is -2.14. The van der Waals surface area contributed by atoms with Crippen LogP contribution in [0.2, 0.25) is 5.02 Å². The number of nitrogens with two attached hydrogens (primary N) is 1. The van der Waals surface area contributed by atoms with Crippen LogP contribution in [-0.4, -0.2) is 5.91 Å². The van der Waals surface area contributed by atoms with E-state index in [9.17, 15) is 13.6 Å². The van der Waals surface area contributed by atoms with Gasteiger partial charge in [-0.1, -0.05) is 11.6 Å². The van der Waals surface area contributed by atoms with Crippen LogP contribution in [-0.2, 0) is 0 Å². The smallest absolute Gasteiger partial charge is 0.255 e. The number of benzene rings is 2. The SMILES string of the molecule is NNc1ccc(C(=O)Nc2c(F)cc(F)cc2Cl)cc1.